The molecule has 1 fully saturated rings. The zero-order valence-electron chi connectivity index (χ0n) is 12.4. The van der Waals surface area contributed by atoms with E-state index in [0.29, 0.717) is 12.7 Å². The van der Waals surface area contributed by atoms with Gasteiger partial charge in [0.2, 0.25) is 0 Å². The lowest BCUT2D eigenvalue weighted by Gasteiger charge is -2.28. The van der Waals surface area contributed by atoms with Crippen LogP contribution >= 0.6 is 0 Å². The summed E-state index contributed by atoms with van der Waals surface area (Å²) in [5, 5.41) is 3.20. The first-order valence-corrected chi connectivity index (χ1v) is 7.15. The van der Waals surface area contributed by atoms with Gasteiger partial charge < -0.3 is 19.5 Å². The van der Waals surface area contributed by atoms with Gasteiger partial charge in [0.25, 0.3) is 0 Å². The quantitative estimate of drug-likeness (QED) is 0.536. The molecule has 1 N–H and O–H groups in total. The molecule has 19 heavy (non-hydrogen) atoms. The predicted octanol–water partition coefficient (Wildman–Crippen LogP) is 1.50. The summed E-state index contributed by atoms with van der Waals surface area (Å²) in [6.45, 7) is 6.88. The Kier molecular flexibility index (Phi) is 7.34. The molecule has 5 heteroatoms. The first-order chi connectivity index (χ1) is 9.12. The average molecular weight is 273 g/mol. The SMILES string of the molecule is CCNC(C)(CCCOC1CCOCC1)C(=O)OC. The third-order valence-corrected chi connectivity index (χ3v) is 3.55. The van der Waals surface area contributed by atoms with Crippen LogP contribution in [0.5, 0.6) is 0 Å². The van der Waals surface area contributed by atoms with Crippen LogP contribution in [-0.2, 0) is 19.0 Å². The first kappa shape index (κ1) is 16.4. The molecule has 1 aliphatic heterocycles. The molecule has 1 atom stereocenters. The standard InChI is InChI=1S/C14H27NO4/c1-4-15-14(2,13(16)17-3)8-5-9-19-12-6-10-18-11-7-12/h12,15H,4-11H2,1-3H3. The van der Waals surface area contributed by atoms with Crippen molar-refractivity contribution in [1.29, 1.82) is 0 Å². The summed E-state index contributed by atoms with van der Waals surface area (Å²) in [4.78, 5) is 11.8. The third-order valence-electron chi connectivity index (χ3n) is 3.55. The van der Waals surface area contributed by atoms with Crippen molar-refractivity contribution in [2.75, 3.05) is 33.5 Å². The zero-order valence-corrected chi connectivity index (χ0v) is 12.4. The second-order valence-electron chi connectivity index (χ2n) is 5.14. The Morgan fingerprint density at radius 1 is 1.42 bits per heavy atom. The van der Waals surface area contributed by atoms with Gasteiger partial charge in [-0.25, -0.2) is 0 Å². The Morgan fingerprint density at radius 2 is 2.11 bits per heavy atom. The summed E-state index contributed by atoms with van der Waals surface area (Å²) in [5.41, 5.74) is -0.609. The molecule has 1 unspecified atom stereocenters. The molecule has 1 aliphatic rings. The van der Waals surface area contributed by atoms with E-state index in [4.69, 9.17) is 14.2 Å². The lowest BCUT2D eigenvalue weighted by Crippen LogP contribution is -2.50. The molecule has 0 aromatic carbocycles. The van der Waals surface area contributed by atoms with Crippen LogP contribution in [0.3, 0.4) is 0 Å². The van der Waals surface area contributed by atoms with Crippen molar-refractivity contribution in [2.45, 2.75) is 51.2 Å². The maximum absolute atomic E-state index is 11.8. The van der Waals surface area contributed by atoms with E-state index >= 15 is 0 Å². The molecule has 0 radical (unpaired) electrons. The van der Waals surface area contributed by atoms with Crippen molar-refractivity contribution in [1.82, 2.24) is 5.32 Å². The van der Waals surface area contributed by atoms with E-state index in [0.717, 1.165) is 45.4 Å². The van der Waals surface area contributed by atoms with E-state index < -0.39 is 5.54 Å². The summed E-state index contributed by atoms with van der Waals surface area (Å²) in [7, 11) is 1.43. The fourth-order valence-corrected chi connectivity index (χ4v) is 2.40. The van der Waals surface area contributed by atoms with Crippen molar-refractivity contribution in [3.8, 4) is 0 Å². The van der Waals surface area contributed by atoms with Crippen LogP contribution < -0.4 is 5.32 Å². The number of carbonyl (C=O) groups is 1. The van der Waals surface area contributed by atoms with E-state index in [2.05, 4.69) is 5.32 Å². The molecule has 0 spiro atoms. The fraction of sp³-hybridized carbons (Fsp3) is 0.929. The second kappa shape index (κ2) is 8.51. The Balaban J connectivity index is 2.25. The Hall–Kier alpha value is -0.650. The maximum atomic E-state index is 11.8. The van der Waals surface area contributed by atoms with Gasteiger partial charge in [0.1, 0.15) is 5.54 Å². The van der Waals surface area contributed by atoms with Gasteiger partial charge in [0.15, 0.2) is 0 Å². The topological polar surface area (TPSA) is 56.8 Å². The zero-order chi connectivity index (χ0) is 14.1. The Bertz CT molecular complexity index is 266. The second-order valence-corrected chi connectivity index (χ2v) is 5.14. The highest BCUT2D eigenvalue weighted by atomic mass is 16.5. The van der Waals surface area contributed by atoms with Crippen molar-refractivity contribution in [2.24, 2.45) is 0 Å². The van der Waals surface area contributed by atoms with Crippen LogP contribution in [-0.4, -0.2) is 51.1 Å². The van der Waals surface area contributed by atoms with E-state index in [-0.39, 0.29) is 5.97 Å². The van der Waals surface area contributed by atoms with Gasteiger partial charge in [-0.3, -0.25) is 4.79 Å². The molecule has 0 aromatic rings. The number of nitrogens with one attached hydrogen (secondary N) is 1. The smallest absolute Gasteiger partial charge is 0.325 e. The van der Waals surface area contributed by atoms with Gasteiger partial charge in [-0.1, -0.05) is 6.92 Å². The summed E-state index contributed by atoms with van der Waals surface area (Å²) >= 11 is 0. The van der Waals surface area contributed by atoms with Gasteiger partial charge in [-0.2, -0.15) is 0 Å². The van der Waals surface area contributed by atoms with Crippen LogP contribution in [0, 0.1) is 0 Å². The molecule has 112 valence electrons. The monoisotopic (exact) mass is 273 g/mol. The molecular formula is C14H27NO4. The van der Waals surface area contributed by atoms with Gasteiger partial charge in [-0.05, 0) is 39.2 Å². The lowest BCUT2D eigenvalue weighted by atomic mass is 9.96. The number of rotatable bonds is 8. The largest absolute Gasteiger partial charge is 0.468 e. The summed E-state index contributed by atoms with van der Waals surface area (Å²) < 4.78 is 16.0. The molecule has 1 rings (SSSR count). The maximum Gasteiger partial charge on any atom is 0.325 e. The molecule has 0 aromatic heterocycles. The highest BCUT2D eigenvalue weighted by Gasteiger charge is 2.32. The van der Waals surface area contributed by atoms with Crippen LogP contribution in [0.25, 0.3) is 0 Å². The van der Waals surface area contributed by atoms with Crippen molar-refractivity contribution in [3.63, 3.8) is 0 Å². The van der Waals surface area contributed by atoms with Crippen molar-refractivity contribution in [3.05, 3.63) is 0 Å². The number of hydrogen-bond acceptors (Lipinski definition) is 5. The lowest BCUT2D eigenvalue weighted by molar-refractivity contribution is -0.148. The van der Waals surface area contributed by atoms with Crippen LogP contribution in [0.4, 0.5) is 0 Å². The molecule has 0 aliphatic carbocycles. The van der Waals surface area contributed by atoms with Gasteiger partial charge in [0.05, 0.1) is 13.2 Å². The molecular weight excluding hydrogens is 246 g/mol. The molecule has 5 nitrogen and oxygen atoms in total. The normalized spacial score (nSPS) is 19.9. The van der Waals surface area contributed by atoms with E-state index in [9.17, 15) is 4.79 Å². The first-order valence-electron chi connectivity index (χ1n) is 7.15. The van der Waals surface area contributed by atoms with E-state index in [1.165, 1.54) is 7.11 Å². The highest BCUT2D eigenvalue weighted by molar-refractivity contribution is 5.80. The van der Waals surface area contributed by atoms with Gasteiger partial charge >= 0.3 is 5.97 Å². The third kappa shape index (κ3) is 5.47. The minimum atomic E-state index is -0.609. The number of carbonyl (C=O) groups excluding carboxylic acids is 1. The number of ether oxygens (including phenoxy) is 3. The number of likely N-dealkylation sites (N-methyl/N-ethyl adjacent to an activating group) is 1. The van der Waals surface area contributed by atoms with Gasteiger partial charge in [0, 0.05) is 19.8 Å². The van der Waals surface area contributed by atoms with Crippen LogP contribution in [0.1, 0.15) is 39.5 Å². The predicted molar refractivity (Wildman–Crippen MR) is 73.1 cm³/mol. The highest BCUT2D eigenvalue weighted by Crippen LogP contribution is 2.16. The average Bonchev–Trinajstić information content (AvgIpc) is 2.44. The Morgan fingerprint density at radius 3 is 2.68 bits per heavy atom. The van der Waals surface area contributed by atoms with E-state index in [1.54, 1.807) is 0 Å². The minimum Gasteiger partial charge on any atom is -0.468 e. The van der Waals surface area contributed by atoms with E-state index in [1.807, 2.05) is 13.8 Å². The molecule has 1 heterocycles. The van der Waals surface area contributed by atoms with Crippen molar-refractivity contribution < 1.29 is 19.0 Å². The number of hydrogen-bond donors (Lipinski definition) is 1. The summed E-state index contributed by atoms with van der Waals surface area (Å²) in [6, 6.07) is 0. The number of methoxy groups -OCH3 is 1. The van der Waals surface area contributed by atoms with Crippen LogP contribution in [0.2, 0.25) is 0 Å². The summed E-state index contributed by atoms with van der Waals surface area (Å²) in [6.07, 6.45) is 3.83. The van der Waals surface area contributed by atoms with Crippen molar-refractivity contribution >= 4 is 5.97 Å². The molecule has 0 saturated carbocycles. The molecule has 0 amide bonds. The van der Waals surface area contributed by atoms with Gasteiger partial charge in [-0.15, -0.1) is 0 Å². The van der Waals surface area contributed by atoms with Crippen LogP contribution in [0.15, 0.2) is 0 Å². The molecule has 1 saturated heterocycles. The Labute approximate surface area is 116 Å². The minimum absolute atomic E-state index is 0.208. The number of esters is 1. The summed E-state index contributed by atoms with van der Waals surface area (Å²) in [5.74, 6) is -0.208. The fourth-order valence-electron chi connectivity index (χ4n) is 2.40. The molecule has 0 bridgehead atoms.